The number of halogens is 3. The average Bonchev–Trinajstić information content (AvgIpc) is 2.72. The van der Waals surface area contributed by atoms with Gasteiger partial charge < -0.3 is 20.3 Å². The van der Waals surface area contributed by atoms with E-state index in [-0.39, 0.29) is 24.9 Å². The SMILES string of the molecule is NC(=O)C1=C[C@H](c2ccc(C(F)(F)F)cc2)C[C@H](OCc2ccc(CO)cc2)O1. The number of amides is 1. The van der Waals surface area contributed by atoms with E-state index in [0.29, 0.717) is 12.0 Å². The van der Waals surface area contributed by atoms with Crippen molar-refractivity contribution >= 4 is 5.91 Å². The lowest BCUT2D eigenvalue weighted by Gasteiger charge is -2.29. The molecule has 0 unspecified atom stereocenters. The average molecular weight is 407 g/mol. The molecule has 154 valence electrons. The fraction of sp³-hybridized carbons (Fsp3) is 0.286. The number of hydrogen-bond acceptors (Lipinski definition) is 4. The second kappa shape index (κ2) is 8.67. The van der Waals surface area contributed by atoms with Gasteiger partial charge in [0.2, 0.25) is 6.29 Å². The molecule has 0 aliphatic carbocycles. The monoisotopic (exact) mass is 407 g/mol. The van der Waals surface area contributed by atoms with Crippen LogP contribution in [-0.4, -0.2) is 17.3 Å². The smallest absolute Gasteiger partial charge is 0.416 e. The normalized spacial score (nSPS) is 19.4. The number of carbonyl (C=O) groups excluding carboxylic acids is 1. The maximum Gasteiger partial charge on any atom is 0.416 e. The Bertz CT molecular complexity index is 876. The summed E-state index contributed by atoms with van der Waals surface area (Å²) >= 11 is 0. The Morgan fingerprint density at radius 1 is 1.10 bits per heavy atom. The van der Waals surface area contributed by atoms with Crippen LogP contribution in [0, 0.1) is 0 Å². The number of hydrogen-bond donors (Lipinski definition) is 2. The summed E-state index contributed by atoms with van der Waals surface area (Å²) in [5.74, 6) is -1.24. The standard InChI is InChI=1S/C21H20F3NO4/c22-21(23,24)17-7-5-15(6-8-17)16-9-18(20(25)27)29-19(10-16)28-12-14-3-1-13(11-26)2-4-14/h1-9,16,19,26H,10-12H2,(H2,25,27)/t16-,19+/m0/s1. The lowest BCUT2D eigenvalue weighted by atomic mass is 9.92. The number of aliphatic hydroxyl groups excluding tert-OH is 1. The third kappa shape index (κ3) is 5.36. The number of carbonyl (C=O) groups is 1. The Hall–Kier alpha value is -2.84. The summed E-state index contributed by atoms with van der Waals surface area (Å²) in [7, 11) is 0. The van der Waals surface area contributed by atoms with E-state index in [1.165, 1.54) is 18.2 Å². The number of primary amides is 1. The summed E-state index contributed by atoms with van der Waals surface area (Å²) in [5.41, 5.74) is 6.79. The van der Waals surface area contributed by atoms with Gasteiger partial charge >= 0.3 is 6.18 Å². The molecule has 1 amide bonds. The first kappa shape index (κ1) is 20.9. The Balaban J connectivity index is 1.72. The zero-order valence-corrected chi connectivity index (χ0v) is 15.4. The van der Waals surface area contributed by atoms with Crippen LogP contribution in [-0.2, 0) is 33.7 Å². The lowest BCUT2D eigenvalue weighted by Crippen LogP contribution is -2.29. The van der Waals surface area contributed by atoms with Crippen molar-refractivity contribution in [2.24, 2.45) is 5.73 Å². The molecule has 29 heavy (non-hydrogen) atoms. The Morgan fingerprint density at radius 3 is 2.28 bits per heavy atom. The molecule has 0 fully saturated rings. The number of rotatable bonds is 6. The predicted octanol–water partition coefficient (Wildman–Crippen LogP) is 3.61. The fourth-order valence-electron chi connectivity index (χ4n) is 3.01. The van der Waals surface area contributed by atoms with Gasteiger partial charge in [0, 0.05) is 12.3 Å². The summed E-state index contributed by atoms with van der Waals surface area (Å²) in [6.07, 6.45) is -3.38. The second-order valence-corrected chi connectivity index (χ2v) is 6.69. The summed E-state index contributed by atoms with van der Waals surface area (Å²) in [6.45, 7) is 0.136. The highest BCUT2D eigenvalue weighted by atomic mass is 19.4. The maximum absolute atomic E-state index is 12.8. The van der Waals surface area contributed by atoms with Crippen molar-refractivity contribution < 1.29 is 32.5 Å². The van der Waals surface area contributed by atoms with E-state index in [1.54, 1.807) is 24.3 Å². The topological polar surface area (TPSA) is 81.8 Å². The Morgan fingerprint density at radius 2 is 1.72 bits per heavy atom. The lowest BCUT2D eigenvalue weighted by molar-refractivity contribution is -0.148. The molecule has 2 atom stereocenters. The van der Waals surface area contributed by atoms with E-state index in [4.69, 9.17) is 20.3 Å². The minimum atomic E-state index is -4.42. The first-order chi connectivity index (χ1) is 13.8. The highest BCUT2D eigenvalue weighted by Crippen LogP contribution is 2.34. The molecule has 3 rings (SSSR count). The molecule has 2 aromatic carbocycles. The summed E-state index contributed by atoms with van der Waals surface area (Å²) in [4.78, 5) is 11.6. The molecule has 8 heteroatoms. The van der Waals surface area contributed by atoms with Crippen molar-refractivity contribution in [3.05, 3.63) is 82.6 Å². The van der Waals surface area contributed by atoms with Crippen LogP contribution < -0.4 is 5.73 Å². The largest absolute Gasteiger partial charge is 0.459 e. The number of ether oxygens (including phenoxy) is 2. The number of nitrogens with two attached hydrogens (primary N) is 1. The Labute approximate surface area is 165 Å². The van der Waals surface area contributed by atoms with Crippen LogP contribution in [0.5, 0.6) is 0 Å². The first-order valence-corrected chi connectivity index (χ1v) is 8.92. The van der Waals surface area contributed by atoms with Crippen LogP contribution in [0.15, 0.2) is 60.4 Å². The molecular formula is C21H20F3NO4. The van der Waals surface area contributed by atoms with Crippen molar-refractivity contribution in [3.63, 3.8) is 0 Å². The molecule has 2 aromatic rings. The number of benzene rings is 2. The highest BCUT2D eigenvalue weighted by molar-refractivity contribution is 5.90. The molecule has 5 nitrogen and oxygen atoms in total. The highest BCUT2D eigenvalue weighted by Gasteiger charge is 2.31. The van der Waals surface area contributed by atoms with Crippen molar-refractivity contribution in [1.29, 1.82) is 0 Å². The van der Waals surface area contributed by atoms with E-state index < -0.39 is 23.9 Å². The number of aliphatic hydroxyl groups is 1. The number of alkyl halides is 3. The summed E-state index contributed by atoms with van der Waals surface area (Å²) < 4.78 is 49.5. The molecule has 0 saturated carbocycles. The van der Waals surface area contributed by atoms with Crippen LogP contribution in [0.1, 0.15) is 34.6 Å². The van der Waals surface area contributed by atoms with E-state index >= 15 is 0 Å². The quantitative estimate of drug-likeness (QED) is 0.767. The van der Waals surface area contributed by atoms with E-state index in [9.17, 15) is 18.0 Å². The fourth-order valence-corrected chi connectivity index (χ4v) is 3.01. The number of allylic oxidation sites excluding steroid dienone is 1. The van der Waals surface area contributed by atoms with E-state index in [1.807, 2.05) is 0 Å². The van der Waals surface area contributed by atoms with Crippen molar-refractivity contribution in [1.82, 2.24) is 0 Å². The van der Waals surface area contributed by atoms with Crippen LogP contribution >= 0.6 is 0 Å². The Kier molecular flexibility index (Phi) is 6.24. The predicted molar refractivity (Wildman–Crippen MR) is 98.1 cm³/mol. The van der Waals surface area contributed by atoms with Crippen LogP contribution in [0.4, 0.5) is 13.2 Å². The zero-order chi connectivity index (χ0) is 21.0. The minimum absolute atomic E-state index is 0.0611. The van der Waals surface area contributed by atoms with Gasteiger partial charge in [-0.1, -0.05) is 36.4 Å². The molecule has 0 bridgehead atoms. The van der Waals surface area contributed by atoms with Gasteiger partial charge in [0.25, 0.3) is 5.91 Å². The molecule has 0 spiro atoms. The van der Waals surface area contributed by atoms with Gasteiger partial charge in [-0.15, -0.1) is 0 Å². The molecular weight excluding hydrogens is 387 g/mol. The molecule has 1 aliphatic heterocycles. The van der Waals surface area contributed by atoms with Crippen LogP contribution in [0.25, 0.3) is 0 Å². The van der Waals surface area contributed by atoms with Crippen molar-refractivity contribution in [3.8, 4) is 0 Å². The third-order valence-electron chi connectivity index (χ3n) is 4.61. The van der Waals surface area contributed by atoms with Gasteiger partial charge in [-0.05, 0) is 34.9 Å². The van der Waals surface area contributed by atoms with Gasteiger partial charge in [-0.2, -0.15) is 13.2 Å². The van der Waals surface area contributed by atoms with Gasteiger partial charge in [-0.25, -0.2) is 0 Å². The van der Waals surface area contributed by atoms with E-state index in [2.05, 4.69) is 0 Å². The molecule has 1 heterocycles. The summed E-state index contributed by atoms with van der Waals surface area (Å²) in [5, 5.41) is 9.08. The first-order valence-electron chi connectivity index (χ1n) is 8.92. The van der Waals surface area contributed by atoms with Crippen LogP contribution in [0.3, 0.4) is 0 Å². The van der Waals surface area contributed by atoms with Gasteiger partial charge in [-0.3, -0.25) is 4.79 Å². The molecule has 1 aliphatic rings. The zero-order valence-electron chi connectivity index (χ0n) is 15.4. The molecule has 0 saturated heterocycles. The van der Waals surface area contributed by atoms with Gasteiger partial charge in [0.15, 0.2) is 5.76 Å². The summed E-state index contributed by atoms with van der Waals surface area (Å²) in [6, 6.07) is 11.9. The van der Waals surface area contributed by atoms with Crippen LogP contribution in [0.2, 0.25) is 0 Å². The third-order valence-corrected chi connectivity index (χ3v) is 4.61. The van der Waals surface area contributed by atoms with Crippen molar-refractivity contribution in [2.45, 2.75) is 38.0 Å². The van der Waals surface area contributed by atoms with Gasteiger partial charge in [0.1, 0.15) is 0 Å². The van der Waals surface area contributed by atoms with E-state index in [0.717, 1.165) is 23.3 Å². The van der Waals surface area contributed by atoms with Crippen molar-refractivity contribution in [2.75, 3.05) is 0 Å². The van der Waals surface area contributed by atoms with Gasteiger partial charge in [0.05, 0.1) is 18.8 Å². The molecule has 0 aromatic heterocycles. The molecule has 3 N–H and O–H groups in total. The minimum Gasteiger partial charge on any atom is -0.459 e. The second-order valence-electron chi connectivity index (χ2n) is 6.69. The maximum atomic E-state index is 12.8. The molecule has 0 radical (unpaired) electrons.